The van der Waals surface area contributed by atoms with E-state index >= 15 is 0 Å². The summed E-state index contributed by atoms with van der Waals surface area (Å²) in [5, 5.41) is 2.47. The van der Waals surface area contributed by atoms with Crippen LogP contribution < -0.4 is 10.0 Å². The van der Waals surface area contributed by atoms with Gasteiger partial charge in [0, 0.05) is 23.7 Å². The molecule has 1 amide bonds. The molecular formula is C25H26N2O4S2. The van der Waals surface area contributed by atoms with Crippen LogP contribution >= 0.6 is 11.8 Å². The first-order valence-corrected chi connectivity index (χ1v) is 13.2. The molecule has 0 aliphatic carbocycles. The summed E-state index contributed by atoms with van der Waals surface area (Å²) in [7, 11) is -3.64. The number of thioether (sulfide) groups is 1. The van der Waals surface area contributed by atoms with Crippen LogP contribution in [0, 0.1) is 0 Å². The maximum atomic E-state index is 13.2. The number of rotatable bonds is 9. The van der Waals surface area contributed by atoms with Crippen molar-refractivity contribution in [2.24, 2.45) is 0 Å². The van der Waals surface area contributed by atoms with Gasteiger partial charge in [0.05, 0.1) is 11.0 Å². The highest BCUT2D eigenvalue weighted by atomic mass is 32.2. The lowest BCUT2D eigenvalue weighted by molar-refractivity contribution is -0.115. The molecule has 3 aromatic rings. The second kappa shape index (κ2) is 11.0. The van der Waals surface area contributed by atoms with E-state index in [1.54, 1.807) is 12.1 Å². The molecule has 1 aliphatic rings. The average molecular weight is 483 g/mol. The minimum atomic E-state index is -3.64. The fraction of sp³-hybridized carbons (Fsp3) is 0.240. The van der Waals surface area contributed by atoms with Crippen LogP contribution in [0.1, 0.15) is 23.7 Å². The molecule has 3 aromatic carbocycles. The molecular weight excluding hydrogens is 456 g/mol. The van der Waals surface area contributed by atoms with E-state index in [4.69, 9.17) is 4.74 Å². The van der Waals surface area contributed by atoms with E-state index in [1.807, 2.05) is 60.7 Å². The molecule has 0 unspecified atom stereocenters. The third kappa shape index (κ3) is 6.45. The number of amides is 1. The molecule has 2 atom stereocenters. The topological polar surface area (TPSA) is 84.5 Å². The van der Waals surface area contributed by atoms with Crippen LogP contribution in [0.2, 0.25) is 0 Å². The molecule has 0 radical (unpaired) electrons. The molecule has 1 saturated heterocycles. The summed E-state index contributed by atoms with van der Waals surface area (Å²) in [6.45, 7) is 0.934. The lowest BCUT2D eigenvalue weighted by atomic mass is 10.1. The number of sulfonamides is 1. The molecule has 33 heavy (non-hydrogen) atoms. The normalized spacial score (nSPS) is 16.9. The first kappa shape index (κ1) is 23.5. The Labute approximate surface area is 198 Å². The Morgan fingerprint density at radius 1 is 0.970 bits per heavy atom. The summed E-state index contributed by atoms with van der Waals surface area (Å²) in [4.78, 5) is 14.3. The van der Waals surface area contributed by atoms with Crippen LogP contribution in [0.3, 0.4) is 0 Å². The van der Waals surface area contributed by atoms with Crippen LogP contribution in [-0.2, 0) is 19.6 Å². The molecule has 0 bridgehead atoms. The number of nitrogens with one attached hydrogen (secondary N) is 2. The van der Waals surface area contributed by atoms with E-state index < -0.39 is 15.3 Å². The molecule has 8 heteroatoms. The fourth-order valence-electron chi connectivity index (χ4n) is 3.55. The highest BCUT2D eigenvalue weighted by Crippen LogP contribution is 2.36. The molecule has 1 fully saturated rings. The van der Waals surface area contributed by atoms with E-state index in [-0.39, 0.29) is 23.5 Å². The Morgan fingerprint density at radius 3 is 2.27 bits per heavy atom. The maximum Gasteiger partial charge on any atom is 0.242 e. The van der Waals surface area contributed by atoms with Crippen LogP contribution in [0.25, 0.3) is 0 Å². The second-order valence-electron chi connectivity index (χ2n) is 7.72. The number of hydrogen-bond donors (Lipinski definition) is 2. The van der Waals surface area contributed by atoms with Gasteiger partial charge in [-0.15, -0.1) is 11.8 Å². The SMILES string of the molecule is O=C(Nc1ccc(S(=O)(=O)NC[C@H]2CCCO2)cc1)[C@H](Sc1ccccc1)c1ccccc1. The quantitative estimate of drug-likeness (QED) is 0.435. The Bertz CT molecular complexity index is 1150. The molecule has 172 valence electrons. The first-order valence-electron chi connectivity index (χ1n) is 10.8. The first-order chi connectivity index (χ1) is 16.0. The van der Waals surface area contributed by atoms with Gasteiger partial charge in [0.1, 0.15) is 5.25 Å². The Balaban J connectivity index is 1.44. The van der Waals surface area contributed by atoms with Crippen molar-refractivity contribution in [1.29, 1.82) is 0 Å². The standard InChI is InChI=1S/C25H26N2O4S2/c28-25(24(19-8-3-1-4-9-19)32-22-11-5-2-6-12-22)27-20-13-15-23(16-14-20)33(29,30)26-18-21-10-7-17-31-21/h1-6,8-9,11-16,21,24,26H,7,10,17-18H2,(H,27,28)/t21-,24-/m1/s1. The third-order valence-corrected chi connectivity index (χ3v) is 8.00. The van der Waals surface area contributed by atoms with E-state index in [1.165, 1.54) is 23.9 Å². The number of hydrogen-bond acceptors (Lipinski definition) is 5. The van der Waals surface area contributed by atoms with Crippen molar-refractivity contribution >= 4 is 33.4 Å². The van der Waals surface area contributed by atoms with Crippen molar-refractivity contribution in [2.75, 3.05) is 18.5 Å². The van der Waals surface area contributed by atoms with Gasteiger partial charge in [0.15, 0.2) is 0 Å². The van der Waals surface area contributed by atoms with Gasteiger partial charge in [0.2, 0.25) is 15.9 Å². The lowest BCUT2D eigenvalue weighted by Gasteiger charge is -2.17. The van der Waals surface area contributed by atoms with Gasteiger partial charge in [-0.2, -0.15) is 0 Å². The fourth-order valence-corrected chi connectivity index (χ4v) is 5.66. The summed E-state index contributed by atoms with van der Waals surface area (Å²) in [6, 6.07) is 25.5. The van der Waals surface area contributed by atoms with E-state index in [0.717, 1.165) is 23.3 Å². The zero-order chi connectivity index (χ0) is 23.1. The summed E-state index contributed by atoms with van der Waals surface area (Å²) < 4.78 is 33.2. The van der Waals surface area contributed by atoms with Gasteiger partial charge >= 0.3 is 0 Å². The molecule has 0 saturated carbocycles. The maximum absolute atomic E-state index is 13.2. The van der Waals surface area contributed by atoms with Crippen molar-refractivity contribution in [3.05, 3.63) is 90.5 Å². The van der Waals surface area contributed by atoms with E-state index in [2.05, 4.69) is 10.0 Å². The van der Waals surface area contributed by atoms with Gasteiger partial charge in [-0.25, -0.2) is 13.1 Å². The van der Waals surface area contributed by atoms with Gasteiger partial charge < -0.3 is 10.1 Å². The predicted octanol–water partition coefficient (Wildman–Crippen LogP) is 4.62. The monoisotopic (exact) mass is 482 g/mol. The Kier molecular flexibility index (Phi) is 7.82. The van der Waals surface area contributed by atoms with E-state index in [0.29, 0.717) is 12.3 Å². The van der Waals surface area contributed by atoms with Crippen LogP contribution in [0.5, 0.6) is 0 Å². The van der Waals surface area contributed by atoms with Crippen LogP contribution in [0.4, 0.5) is 5.69 Å². The average Bonchev–Trinajstić information content (AvgIpc) is 3.37. The van der Waals surface area contributed by atoms with Crippen LogP contribution in [-0.4, -0.2) is 33.6 Å². The third-order valence-electron chi connectivity index (χ3n) is 5.29. The molecule has 2 N–H and O–H groups in total. The molecule has 1 aliphatic heterocycles. The smallest absolute Gasteiger partial charge is 0.242 e. The van der Waals surface area contributed by atoms with Crippen molar-refractivity contribution < 1.29 is 17.9 Å². The molecule has 0 aromatic heterocycles. The number of carbonyl (C=O) groups is 1. The minimum Gasteiger partial charge on any atom is -0.377 e. The molecule has 4 rings (SSSR count). The van der Waals surface area contributed by atoms with Crippen LogP contribution in [0.15, 0.2) is 94.7 Å². The number of anilines is 1. The molecule has 0 spiro atoms. The molecule has 1 heterocycles. The number of ether oxygens (including phenoxy) is 1. The molecule has 6 nitrogen and oxygen atoms in total. The number of carbonyl (C=O) groups excluding carboxylic acids is 1. The Hall–Kier alpha value is -2.65. The van der Waals surface area contributed by atoms with Gasteiger partial charge in [0.25, 0.3) is 0 Å². The van der Waals surface area contributed by atoms with Gasteiger partial charge in [-0.1, -0.05) is 48.5 Å². The highest BCUT2D eigenvalue weighted by molar-refractivity contribution is 8.00. The summed E-state index contributed by atoms with van der Waals surface area (Å²) in [5.74, 6) is -0.179. The Morgan fingerprint density at radius 2 is 1.64 bits per heavy atom. The second-order valence-corrected chi connectivity index (χ2v) is 10.7. The van der Waals surface area contributed by atoms with Crippen molar-refractivity contribution in [1.82, 2.24) is 4.72 Å². The summed E-state index contributed by atoms with van der Waals surface area (Å²) in [6.07, 6.45) is 1.74. The van der Waals surface area contributed by atoms with Crippen molar-refractivity contribution in [3.63, 3.8) is 0 Å². The number of benzene rings is 3. The zero-order valence-electron chi connectivity index (χ0n) is 18.0. The summed E-state index contributed by atoms with van der Waals surface area (Å²) >= 11 is 1.47. The van der Waals surface area contributed by atoms with Gasteiger partial charge in [-0.05, 0) is 54.8 Å². The van der Waals surface area contributed by atoms with Crippen molar-refractivity contribution in [2.45, 2.75) is 34.0 Å². The van der Waals surface area contributed by atoms with Crippen molar-refractivity contribution in [3.8, 4) is 0 Å². The predicted molar refractivity (Wildman–Crippen MR) is 131 cm³/mol. The van der Waals surface area contributed by atoms with Gasteiger partial charge in [-0.3, -0.25) is 4.79 Å². The summed E-state index contributed by atoms with van der Waals surface area (Å²) in [5.41, 5.74) is 1.43. The largest absolute Gasteiger partial charge is 0.377 e. The lowest BCUT2D eigenvalue weighted by Crippen LogP contribution is -2.31. The highest BCUT2D eigenvalue weighted by Gasteiger charge is 2.23. The minimum absolute atomic E-state index is 0.0737. The zero-order valence-corrected chi connectivity index (χ0v) is 19.6. The van der Waals surface area contributed by atoms with E-state index in [9.17, 15) is 13.2 Å².